The number of phenolic OH excluding ortho intramolecular Hbond substituents is 2. The fraction of sp³-hybridized carbons (Fsp3) is 0.292. The predicted octanol–water partition coefficient (Wildman–Crippen LogP) is 5.77. The molecule has 0 spiro atoms. The van der Waals surface area contributed by atoms with Gasteiger partial charge >= 0.3 is 5.97 Å². The molecule has 2 saturated carbocycles. The number of phenols is 2. The molecule has 6 aromatic rings. The monoisotopic (exact) mass is 855 g/mol. The Kier molecular flexibility index (Phi) is 10.1. The number of rotatable bonds is 10. The van der Waals surface area contributed by atoms with Crippen LogP contribution in [0.2, 0.25) is 0 Å². The molecule has 4 aromatic carbocycles. The van der Waals surface area contributed by atoms with Crippen LogP contribution in [-0.4, -0.2) is 91.1 Å². The van der Waals surface area contributed by atoms with Crippen molar-refractivity contribution >= 4 is 45.5 Å². The fourth-order valence-electron chi connectivity index (χ4n) is 9.36. The van der Waals surface area contributed by atoms with Gasteiger partial charge < -0.3 is 35.5 Å². The van der Waals surface area contributed by atoms with Gasteiger partial charge in [0.05, 0.1) is 28.6 Å². The van der Waals surface area contributed by atoms with E-state index in [-0.39, 0.29) is 82.7 Å². The number of carboxylic acid groups (broad SMARTS) is 1. The van der Waals surface area contributed by atoms with Crippen LogP contribution in [0, 0.1) is 11.6 Å². The number of hydrogen-bond acceptors (Lipinski definition) is 9. The average Bonchev–Trinajstić information content (AvgIpc) is 4.19. The molecule has 322 valence electrons. The molecule has 2 aliphatic carbocycles. The zero-order chi connectivity index (χ0) is 44.5. The van der Waals surface area contributed by atoms with Crippen LogP contribution in [0.1, 0.15) is 90.9 Å². The molecule has 10 rings (SSSR count). The topological polar surface area (TPSA) is 193 Å². The smallest absolute Gasteiger partial charge is 0.314 e. The highest BCUT2D eigenvalue weighted by atomic mass is 19.1. The lowest BCUT2D eigenvalue weighted by Crippen LogP contribution is -2.37. The van der Waals surface area contributed by atoms with Gasteiger partial charge in [0.15, 0.2) is 11.5 Å². The van der Waals surface area contributed by atoms with E-state index in [9.17, 15) is 43.3 Å². The lowest BCUT2D eigenvalue weighted by atomic mass is 9.84. The highest BCUT2D eigenvalue weighted by Gasteiger charge is 2.56. The van der Waals surface area contributed by atoms with Crippen LogP contribution in [0.5, 0.6) is 11.5 Å². The van der Waals surface area contributed by atoms with Gasteiger partial charge in [0.2, 0.25) is 5.91 Å². The molecule has 4 heterocycles. The Morgan fingerprint density at radius 3 is 1.48 bits per heavy atom. The molecule has 15 heteroatoms. The van der Waals surface area contributed by atoms with E-state index >= 15 is 0 Å². The number of nitrogens with one attached hydrogen (secondary N) is 1. The minimum Gasteiger partial charge on any atom is -0.505 e. The third kappa shape index (κ3) is 6.96. The molecule has 63 heavy (non-hydrogen) atoms. The maximum atomic E-state index is 13.3. The van der Waals surface area contributed by atoms with Crippen LogP contribution in [0.25, 0.3) is 21.8 Å². The second kappa shape index (κ2) is 15.4. The van der Waals surface area contributed by atoms with Crippen molar-refractivity contribution in [2.45, 2.75) is 62.4 Å². The average molecular weight is 856 g/mol. The second-order valence-electron chi connectivity index (χ2n) is 17.0. The minimum absolute atomic E-state index is 0.145. The Morgan fingerprint density at radius 1 is 0.683 bits per heavy atom. The van der Waals surface area contributed by atoms with Crippen molar-refractivity contribution in [3.8, 4) is 11.5 Å². The van der Waals surface area contributed by atoms with E-state index in [4.69, 9.17) is 5.11 Å². The zero-order valence-corrected chi connectivity index (χ0v) is 34.5. The first-order valence-electron chi connectivity index (χ1n) is 20.6. The molecule has 13 nitrogen and oxygen atoms in total. The van der Waals surface area contributed by atoms with E-state index in [0.717, 1.165) is 27.8 Å². The van der Waals surface area contributed by atoms with Crippen molar-refractivity contribution in [2.24, 2.45) is 0 Å². The first-order chi connectivity index (χ1) is 30.2. The van der Waals surface area contributed by atoms with Gasteiger partial charge in [-0.25, -0.2) is 8.78 Å². The van der Waals surface area contributed by atoms with Crippen molar-refractivity contribution in [3.05, 3.63) is 140 Å². The summed E-state index contributed by atoms with van der Waals surface area (Å²) in [4.78, 5) is 62.6. The molecule has 5 N–H and O–H groups in total. The number of aliphatic hydroxyl groups excluding tert-OH is 1. The normalized spacial score (nSPS) is 16.5. The fourth-order valence-corrected chi connectivity index (χ4v) is 9.36. The maximum Gasteiger partial charge on any atom is 0.314 e. The number of amides is 3. The molecular weight excluding hydrogens is 813 g/mol. The number of aliphatic hydroxyl groups is 1. The number of fused-ring (bicyclic) bond motifs is 4. The SMILES string of the molecule is CN1Cc2c(c(O)c3ncc(Cc4ccc(F)cc4)cc3c2C2(C(=O)NCCO)CC2)C1=O.CN1Cc2c(c(O)c3ncc(Cc4ccc(F)cc4)cc3c2C2(C(=O)O)CC2)C1=O. The molecule has 0 atom stereocenters. The van der Waals surface area contributed by atoms with E-state index in [0.29, 0.717) is 72.5 Å². The number of halogens is 2. The van der Waals surface area contributed by atoms with E-state index in [1.54, 1.807) is 50.8 Å². The number of hydrogen-bond donors (Lipinski definition) is 5. The van der Waals surface area contributed by atoms with Crippen molar-refractivity contribution < 1.29 is 48.4 Å². The molecule has 4 aliphatic rings. The highest BCUT2D eigenvalue weighted by molar-refractivity contribution is 6.11. The lowest BCUT2D eigenvalue weighted by Gasteiger charge is -2.22. The van der Waals surface area contributed by atoms with E-state index in [1.165, 1.54) is 34.1 Å². The van der Waals surface area contributed by atoms with Crippen molar-refractivity contribution in [2.75, 3.05) is 27.2 Å². The summed E-state index contributed by atoms with van der Waals surface area (Å²) in [6.07, 6.45) is 6.40. The number of aliphatic carboxylic acids is 1. The van der Waals surface area contributed by atoms with Crippen molar-refractivity contribution in [1.29, 1.82) is 0 Å². The summed E-state index contributed by atoms with van der Waals surface area (Å²) >= 11 is 0. The molecule has 0 unspecified atom stereocenters. The Balaban J connectivity index is 0.000000161. The number of carboxylic acids is 1. The van der Waals surface area contributed by atoms with Gasteiger partial charge in [0.1, 0.15) is 22.7 Å². The number of aromatic hydroxyl groups is 2. The highest BCUT2D eigenvalue weighted by Crippen LogP contribution is 2.56. The molecular formula is C48H43F2N5O8. The van der Waals surface area contributed by atoms with Gasteiger partial charge in [-0.3, -0.25) is 29.1 Å². The van der Waals surface area contributed by atoms with Crippen LogP contribution < -0.4 is 5.32 Å². The molecule has 3 amide bonds. The second-order valence-corrected chi connectivity index (χ2v) is 17.0. The van der Waals surface area contributed by atoms with Crippen molar-refractivity contribution in [1.82, 2.24) is 25.1 Å². The zero-order valence-electron chi connectivity index (χ0n) is 34.5. The maximum absolute atomic E-state index is 13.3. The summed E-state index contributed by atoms with van der Waals surface area (Å²) < 4.78 is 26.5. The van der Waals surface area contributed by atoms with Gasteiger partial charge in [-0.15, -0.1) is 0 Å². The number of carbonyl (C=O) groups is 4. The van der Waals surface area contributed by atoms with Crippen LogP contribution in [0.15, 0.2) is 73.1 Å². The number of benzene rings is 4. The van der Waals surface area contributed by atoms with E-state index in [1.807, 2.05) is 12.1 Å². The Labute approximate surface area is 359 Å². The summed E-state index contributed by atoms with van der Waals surface area (Å²) in [5.74, 6) is -2.75. The van der Waals surface area contributed by atoms with Crippen LogP contribution in [0.3, 0.4) is 0 Å². The first-order valence-corrected chi connectivity index (χ1v) is 20.6. The Morgan fingerprint density at radius 2 is 1.10 bits per heavy atom. The van der Waals surface area contributed by atoms with Crippen LogP contribution in [-0.2, 0) is 46.4 Å². The van der Waals surface area contributed by atoms with Crippen molar-refractivity contribution in [3.63, 3.8) is 0 Å². The lowest BCUT2D eigenvalue weighted by molar-refractivity contribution is -0.140. The van der Waals surface area contributed by atoms with Gasteiger partial charge in [-0.1, -0.05) is 24.3 Å². The van der Waals surface area contributed by atoms with E-state index < -0.39 is 16.8 Å². The third-order valence-corrected chi connectivity index (χ3v) is 12.8. The molecule has 0 radical (unpaired) electrons. The molecule has 0 saturated heterocycles. The largest absolute Gasteiger partial charge is 0.505 e. The number of nitrogens with zero attached hydrogens (tertiary/aromatic N) is 4. The molecule has 0 bridgehead atoms. The molecule has 2 fully saturated rings. The number of carbonyl (C=O) groups excluding carboxylic acids is 3. The third-order valence-electron chi connectivity index (χ3n) is 12.8. The predicted molar refractivity (Wildman–Crippen MR) is 226 cm³/mol. The van der Waals surface area contributed by atoms with Crippen LogP contribution in [0.4, 0.5) is 8.78 Å². The number of aromatic nitrogens is 2. The quantitative estimate of drug-likeness (QED) is 0.113. The Bertz CT molecular complexity index is 2910. The van der Waals surface area contributed by atoms with Gasteiger partial charge in [0.25, 0.3) is 11.8 Å². The minimum atomic E-state index is -1.06. The molecule has 2 aliphatic heterocycles. The van der Waals surface area contributed by atoms with Gasteiger partial charge in [-0.2, -0.15) is 0 Å². The van der Waals surface area contributed by atoms with Gasteiger partial charge in [-0.05, 0) is 119 Å². The summed E-state index contributed by atoms with van der Waals surface area (Å²) in [5.41, 5.74) is 5.01. The van der Waals surface area contributed by atoms with Gasteiger partial charge in [0, 0.05) is 56.9 Å². The summed E-state index contributed by atoms with van der Waals surface area (Å²) in [7, 11) is 3.29. The summed E-state index contributed by atoms with van der Waals surface area (Å²) in [6, 6.07) is 16.1. The number of pyridine rings is 2. The summed E-state index contributed by atoms with van der Waals surface area (Å²) in [5, 5.41) is 44.9. The first kappa shape index (κ1) is 41.4. The molecule has 2 aromatic heterocycles. The summed E-state index contributed by atoms with van der Waals surface area (Å²) in [6.45, 7) is 0.529. The Hall–Kier alpha value is -7.00. The van der Waals surface area contributed by atoms with E-state index in [2.05, 4.69) is 15.3 Å². The standard InChI is InChI=1S/C25H24FN3O4.C23H19FN2O4/c1-29-13-18-19(23(29)32)22(31)21-17(20(18)25(6-7-25)24(33)27-8-9-30)11-15(12-28-21)10-14-2-4-16(26)5-3-14;1-26-11-16-17(21(26)28)20(27)19-15(18(16)23(6-7-23)22(29)30)9-13(10-25-19)8-12-2-4-14(24)5-3-12/h2-5,11-12,30-31H,6-10,13H2,1H3,(H,27,33);2-5,9-10,27H,6-8,11H2,1H3,(H,29,30). The van der Waals surface area contributed by atoms with Crippen LogP contribution >= 0.6 is 0 Å².